The van der Waals surface area contributed by atoms with Gasteiger partial charge in [0.15, 0.2) is 0 Å². The molecule has 6 heteroatoms. The van der Waals surface area contributed by atoms with Gasteiger partial charge in [0.1, 0.15) is 11.9 Å². The fraction of sp³-hybridized carbons (Fsp3) is 0.556. The predicted molar refractivity (Wildman–Crippen MR) is 84.5 cm³/mol. The molecule has 2 atom stereocenters. The number of hydrogen-bond acceptors (Lipinski definition) is 3. The van der Waals surface area contributed by atoms with Crippen LogP contribution in [0, 0.1) is 11.7 Å². The molecule has 1 aromatic rings. The number of ether oxygens (including phenoxy) is 1. The Kier molecular flexibility index (Phi) is 4.00. The third-order valence-electron chi connectivity index (χ3n) is 5.13. The van der Waals surface area contributed by atoms with Crippen molar-refractivity contribution in [3.05, 3.63) is 35.6 Å². The van der Waals surface area contributed by atoms with Crippen molar-refractivity contribution in [1.29, 1.82) is 0 Å². The molecule has 3 fully saturated rings. The van der Waals surface area contributed by atoms with E-state index in [0.717, 1.165) is 12.8 Å². The number of halogens is 1. The highest BCUT2D eigenvalue weighted by Gasteiger charge is 2.43. The number of hydrogen-bond donors (Lipinski definition) is 0. The highest BCUT2D eigenvalue weighted by Crippen LogP contribution is 2.34. The average molecular weight is 332 g/mol. The molecule has 24 heavy (non-hydrogen) atoms. The molecule has 0 spiro atoms. The average Bonchev–Trinajstić information content (AvgIpc) is 3.37. The van der Waals surface area contributed by atoms with E-state index >= 15 is 0 Å². The van der Waals surface area contributed by atoms with Gasteiger partial charge in [-0.15, -0.1) is 0 Å². The monoisotopic (exact) mass is 332 g/mol. The Hall–Kier alpha value is -1.95. The first-order valence-electron chi connectivity index (χ1n) is 8.58. The zero-order valence-corrected chi connectivity index (χ0v) is 13.5. The smallest absolute Gasteiger partial charge is 0.228 e. The van der Waals surface area contributed by atoms with Crippen molar-refractivity contribution >= 4 is 11.8 Å². The Morgan fingerprint density at radius 2 is 2.00 bits per heavy atom. The molecular weight excluding hydrogens is 311 g/mol. The quantitative estimate of drug-likeness (QED) is 0.847. The van der Waals surface area contributed by atoms with Gasteiger partial charge in [-0.1, -0.05) is 18.2 Å². The summed E-state index contributed by atoms with van der Waals surface area (Å²) in [7, 11) is 0. The lowest BCUT2D eigenvalue weighted by Gasteiger charge is -2.34. The maximum Gasteiger partial charge on any atom is 0.228 e. The van der Waals surface area contributed by atoms with E-state index in [1.165, 1.54) is 6.07 Å². The van der Waals surface area contributed by atoms with Crippen LogP contribution in [-0.4, -0.2) is 53.9 Å². The van der Waals surface area contributed by atoms with Gasteiger partial charge in [-0.3, -0.25) is 9.59 Å². The first kappa shape index (κ1) is 15.6. The van der Waals surface area contributed by atoms with Crippen molar-refractivity contribution in [1.82, 2.24) is 9.80 Å². The van der Waals surface area contributed by atoms with Gasteiger partial charge in [0.25, 0.3) is 0 Å². The zero-order chi connectivity index (χ0) is 16.7. The number of carbonyl (C=O) groups excluding carboxylic acids is 2. The zero-order valence-electron chi connectivity index (χ0n) is 13.5. The van der Waals surface area contributed by atoms with E-state index in [0.29, 0.717) is 44.3 Å². The number of nitrogens with zero attached hydrogens (tertiary/aromatic N) is 2. The molecule has 0 radical (unpaired) electrons. The Morgan fingerprint density at radius 1 is 1.21 bits per heavy atom. The van der Waals surface area contributed by atoms with Crippen LogP contribution in [-0.2, 0) is 14.3 Å². The molecule has 2 aliphatic heterocycles. The van der Waals surface area contributed by atoms with Crippen LogP contribution in [0.25, 0.3) is 0 Å². The summed E-state index contributed by atoms with van der Waals surface area (Å²) in [4.78, 5) is 28.4. The number of carbonyl (C=O) groups is 2. The molecule has 2 heterocycles. The Bertz CT molecular complexity index is 661. The minimum absolute atomic E-state index is 0.00357. The lowest BCUT2D eigenvalue weighted by Crippen LogP contribution is -2.45. The van der Waals surface area contributed by atoms with Crippen LogP contribution in [0.1, 0.15) is 30.9 Å². The Morgan fingerprint density at radius 3 is 2.75 bits per heavy atom. The topological polar surface area (TPSA) is 49.9 Å². The van der Waals surface area contributed by atoms with Gasteiger partial charge in [0.05, 0.1) is 19.1 Å². The first-order chi connectivity index (χ1) is 11.6. The van der Waals surface area contributed by atoms with Crippen LogP contribution in [0.15, 0.2) is 24.3 Å². The maximum absolute atomic E-state index is 14.0. The predicted octanol–water partition coefficient (Wildman–Crippen LogP) is 1.74. The number of likely N-dealkylation sites (tertiary alicyclic amines) is 1. The van der Waals surface area contributed by atoms with Gasteiger partial charge < -0.3 is 14.5 Å². The summed E-state index contributed by atoms with van der Waals surface area (Å²) in [6, 6.07) is 6.86. The van der Waals surface area contributed by atoms with Crippen LogP contribution in [0.2, 0.25) is 0 Å². The second-order valence-corrected chi connectivity index (χ2v) is 6.84. The third kappa shape index (κ3) is 2.90. The second kappa shape index (κ2) is 6.16. The summed E-state index contributed by atoms with van der Waals surface area (Å²) in [5.74, 6) is -0.490. The van der Waals surface area contributed by atoms with E-state index in [4.69, 9.17) is 4.74 Å². The molecular formula is C18H21FN2O3. The van der Waals surface area contributed by atoms with Crippen LogP contribution in [0.5, 0.6) is 0 Å². The molecule has 0 N–H and O–H groups in total. The van der Waals surface area contributed by atoms with E-state index in [9.17, 15) is 14.0 Å². The third-order valence-corrected chi connectivity index (χ3v) is 5.13. The molecule has 2 unspecified atom stereocenters. The van der Waals surface area contributed by atoms with E-state index in [-0.39, 0.29) is 23.5 Å². The van der Waals surface area contributed by atoms with Gasteiger partial charge in [-0.25, -0.2) is 4.39 Å². The minimum Gasteiger partial charge on any atom is -0.370 e. The van der Waals surface area contributed by atoms with Gasteiger partial charge in [0.2, 0.25) is 11.8 Å². The lowest BCUT2D eigenvalue weighted by molar-refractivity contribution is -0.143. The fourth-order valence-electron chi connectivity index (χ4n) is 3.67. The normalized spacial score (nSPS) is 27.6. The summed E-state index contributed by atoms with van der Waals surface area (Å²) >= 11 is 0. The Balaban J connectivity index is 1.43. The van der Waals surface area contributed by atoms with E-state index in [2.05, 4.69) is 0 Å². The van der Waals surface area contributed by atoms with Crippen molar-refractivity contribution in [2.24, 2.45) is 5.92 Å². The molecule has 1 aliphatic carbocycles. The Labute approximate surface area is 140 Å². The largest absolute Gasteiger partial charge is 0.370 e. The van der Waals surface area contributed by atoms with Crippen LogP contribution in [0.3, 0.4) is 0 Å². The van der Waals surface area contributed by atoms with Crippen molar-refractivity contribution in [2.75, 3.05) is 26.2 Å². The number of amides is 2. The highest BCUT2D eigenvalue weighted by atomic mass is 19.1. The van der Waals surface area contributed by atoms with Gasteiger partial charge in [0, 0.05) is 31.1 Å². The molecule has 1 aromatic carbocycles. The number of benzene rings is 1. The van der Waals surface area contributed by atoms with Crippen molar-refractivity contribution in [3.63, 3.8) is 0 Å². The molecule has 2 amide bonds. The molecule has 4 rings (SSSR count). The van der Waals surface area contributed by atoms with Crippen LogP contribution in [0.4, 0.5) is 4.39 Å². The van der Waals surface area contributed by atoms with Crippen LogP contribution >= 0.6 is 0 Å². The highest BCUT2D eigenvalue weighted by molar-refractivity contribution is 5.89. The maximum atomic E-state index is 14.0. The van der Waals surface area contributed by atoms with Crippen molar-refractivity contribution in [2.45, 2.75) is 31.4 Å². The number of rotatable bonds is 3. The SMILES string of the molecule is O=C(C1CC(=O)N(C2CC2)C1)N1CCOC(c2ccccc2F)C1. The summed E-state index contributed by atoms with van der Waals surface area (Å²) in [6.07, 6.45) is 1.97. The van der Waals surface area contributed by atoms with Crippen molar-refractivity contribution < 1.29 is 18.7 Å². The summed E-state index contributed by atoms with van der Waals surface area (Å²) in [5.41, 5.74) is 0.483. The molecule has 2 saturated heterocycles. The molecule has 128 valence electrons. The van der Waals surface area contributed by atoms with Gasteiger partial charge >= 0.3 is 0 Å². The van der Waals surface area contributed by atoms with E-state index in [1.54, 1.807) is 23.1 Å². The van der Waals surface area contributed by atoms with Gasteiger partial charge in [-0.2, -0.15) is 0 Å². The fourth-order valence-corrected chi connectivity index (χ4v) is 3.67. The molecule has 3 aliphatic rings. The molecule has 1 saturated carbocycles. The van der Waals surface area contributed by atoms with Gasteiger partial charge in [-0.05, 0) is 18.9 Å². The summed E-state index contributed by atoms with van der Waals surface area (Å²) in [5, 5.41) is 0. The number of morpholine rings is 1. The molecule has 0 aromatic heterocycles. The van der Waals surface area contributed by atoms with Crippen LogP contribution < -0.4 is 0 Å². The molecule has 0 bridgehead atoms. The van der Waals surface area contributed by atoms with Crippen molar-refractivity contribution in [3.8, 4) is 0 Å². The van der Waals surface area contributed by atoms with E-state index in [1.807, 2.05) is 4.90 Å². The van der Waals surface area contributed by atoms with E-state index < -0.39 is 6.10 Å². The lowest BCUT2D eigenvalue weighted by atomic mass is 10.0. The molecule has 5 nitrogen and oxygen atoms in total. The summed E-state index contributed by atoms with van der Waals surface area (Å²) < 4.78 is 19.6. The first-order valence-corrected chi connectivity index (χ1v) is 8.58. The minimum atomic E-state index is -0.444. The second-order valence-electron chi connectivity index (χ2n) is 6.84. The summed E-state index contributed by atoms with van der Waals surface area (Å²) in [6.45, 7) is 1.76. The standard InChI is InChI=1S/C18H21FN2O3/c19-15-4-2-1-3-14(15)16-11-20(7-8-24-16)18(23)12-9-17(22)21(10-12)13-5-6-13/h1-4,12-13,16H,5-11H2.